The van der Waals surface area contributed by atoms with E-state index < -0.39 is 0 Å². The minimum absolute atomic E-state index is 0.306. The van der Waals surface area contributed by atoms with Crippen molar-refractivity contribution in [2.24, 2.45) is 5.10 Å². The number of ether oxygens (including phenoxy) is 1. The topological polar surface area (TPSA) is 50.7 Å². The zero-order valence-electron chi connectivity index (χ0n) is 12.7. The number of hydrogen-bond donors (Lipinski definition) is 1. The van der Waals surface area contributed by atoms with Crippen LogP contribution < -0.4 is 10.2 Å². The lowest BCUT2D eigenvalue weighted by atomic mass is 10.1. The predicted molar refractivity (Wildman–Crippen MR) is 92.0 cm³/mol. The number of hydrazone groups is 1. The Morgan fingerprint density at radius 2 is 1.65 bits per heavy atom. The first-order valence-electron chi connectivity index (χ1n) is 7.23. The SMILES string of the molecule is COc1cc2ccccc2cc1C(=O)N/N=C/c1ccccc1. The number of methoxy groups -OCH3 is 1. The van der Waals surface area contributed by atoms with Crippen LogP contribution in [-0.4, -0.2) is 19.2 Å². The second-order valence-corrected chi connectivity index (χ2v) is 5.01. The molecule has 0 fully saturated rings. The molecule has 4 nitrogen and oxygen atoms in total. The van der Waals surface area contributed by atoms with Gasteiger partial charge in [0.1, 0.15) is 5.75 Å². The quantitative estimate of drug-likeness (QED) is 0.591. The van der Waals surface area contributed by atoms with Gasteiger partial charge in [-0.2, -0.15) is 5.10 Å². The summed E-state index contributed by atoms with van der Waals surface area (Å²) < 4.78 is 5.33. The Kier molecular flexibility index (Phi) is 4.34. The average molecular weight is 304 g/mol. The molecule has 0 aliphatic heterocycles. The van der Waals surface area contributed by atoms with Gasteiger partial charge in [-0.05, 0) is 28.5 Å². The molecule has 0 aromatic heterocycles. The molecule has 0 radical (unpaired) electrons. The van der Waals surface area contributed by atoms with Crippen LogP contribution in [0.2, 0.25) is 0 Å². The van der Waals surface area contributed by atoms with Gasteiger partial charge in [0.05, 0.1) is 18.9 Å². The number of nitrogens with one attached hydrogen (secondary N) is 1. The number of carbonyl (C=O) groups is 1. The first-order chi connectivity index (χ1) is 11.3. The Bertz CT molecular complexity index is 858. The van der Waals surface area contributed by atoms with Gasteiger partial charge in [-0.25, -0.2) is 5.43 Å². The molecule has 0 spiro atoms. The summed E-state index contributed by atoms with van der Waals surface area (Å²) in [5.41, 5.74) is 3.91. The molecular formula is C19H16N2O2. The minimum atomic E-state index is -0.306. The fourth-order valence-corrected chi connectivity index (χ4v) is 2.33. The zero-order chi connectivity index (χ0) is 16.1. The van der Waals surface area contributed by atoms with Crippen molar-refractivity contribution >= 4 is 22.9 Å². The predicted octanol–water partition coefficient (Wildman–Crippen LogP) is 3.61. The van der Waals surface area contributed by atoms with Crippen LogP contribution in [0, 0.1) is 0 Å². The molecule has 3 rings (SSSR count). The molecular weight excluding hydrogens is 288 g/mol. The van der Waals surface area contributed by atoms with Gasteiger partial charge in [0.15, 0.2) is 0 Å². The van der Waals surface area contributed by atoms with E-state index in [1.807, 2.05) is 66.7 Å². The van der Waals surface area contributed by atoms with E-state index in [1.54, 1.807) is 13.3 Å². The third-order valence-corrected chi connectivity index (χ3v) is 3.49. The van der Waals surface area contributed by atoms with Crippen LogP contribution in [0.3, 0.4) is 0 Å². The van der Waals surface area contributed by atoms with Gasteiger partial charge in [-0.15, -0.1) is 0 Å². The molecule has 0 heterocycles. The summed E-state index contributed by atoms with van der Waals surface area (Å²) in [6.07, 6.45) is 1.60. The molecule has 23 heavy (non-hydrogen) atoms. The summed E-state index contributed by atoms with van der Waals surface area (Å²) in [7, 11) is 1.55. The molecule has 3 aromatic rings. The number of nitrogens with zero attached hydrogens (tertiary/aromatic N) is 1. The van der Waals surface area contributed by atoms with Crippen LogP contribution >= 0.6 is 0 Å². The van der Waals surface area contributed by atoms with Gasteiger partial charge >= 0.3 is 0 Å². The van der Waals surface area contributed by atoms with Crippen LogP contribution in [0.4, 0.5) is 0 Å². The monoisotopic (exact) mass is 304 g/mol. The molecule has 0 aliphatic carbocycles. The summed E-state index contributed by atoms with van der Waals surface area (Å²) in [5.74, 6) is 0.218. The molecule has 1 N–H and O–H groups in total. The first kappa shape index (κ1) is 14.8. The highest BCUT2D eigenvalue weighted by atomic mass is 16.5. The van der Waals surface area contributed by atoms with Gasteiger partial charge in [-0.3, -0.25) is 4.79 Å². The Labute approximate surface area is 134 Å². The number of carbonyl (C=O) groups excluding carboxylic acids is 1. The van der Waals surface area contributed by atoms with Gasteiger partial charge in [0.25, 0.3) is 5.91 Å². The van der Waals surface area contributed by atoms with Gasteiger partial charge < -0.3 is 4.74 Å². The van der Waals surface area contributed by atoms with E-state index in [0.29, 0.717) is 11.3 Å². The van der Waals surface area contributed by atoms with E-state index in [9.17, 15) is 4.79 Å². The van der Waals surface area contributed by atoms with Crippen LogP contribution in [0.25, 0.3) is 10.8 Å². The number of fused-ring (bicyclic) bond motifs is 1. The van der Waals surface area contributed by atoms with Crippen molar-refractivity contribution in [2.75, 3.05) is 7.11 Å². The zero-order valence-corrected chi connectivity index (χ0v) is 12.7. The smallest absolute Gasteiger partial charge is 0.275 e. The second-order valence-electron chi connectivity index (χ2n) is 5.01. The summed E-state index contributed by atoms with van der Waals surface area (Å²) in [6.45, 7) is 0. The van der Waals surface area contributed by atoms with Crippen molar-refractivity contribution < 1.29 is 9.53 Å². The highest BCUT2D eigenvalue weighted by Crippen LogP contribution is 2.25. The van der Waals surface area contributed by atoms with E-state index in [1.165, 1.54) is 0 Å². The Morgan fingerprint density at radius 1 is 1.00 bits per heavy atom. The molecule has 114 valence electrons. The number of hydrogen-bond acceptors (Lipinski definition) is 3. The van der Waals surface area contributed by atoms with Crippen LogP contribution in [0.1, 0.15) is 15.9 Å². The molecule has 0 bridgehead atoms. The summed E-state index contributed by atoms with van der Waals surface area (Å²) in [5, 5.41) is 5.99. The van der Waals surface area contributed by atoms with Crippen LogP contribution in [0.15, 0.2) is 71.8 Å². The van der Waals surface area contributed by atoms with Crippen LogP contribution in [-0.2, 0) is 0 Å². The normalized spacial score (nSPS) is 10.8. The lowest BCUT2D eigenvalue weighted by Gasteiger charge is -2.09. The number of benzene rings is 3. The van der Waals surface area contributed by atoms with Gasteiger partial charge in [0, 0.05) is 0 Å². The van der Waals surface area contributed by atoms with Crippen molar-refractivity contribution in [3.63, 3.8) is 0 Å². The van der Waals surface area contributed by atoms with Gasteiger partial charge in [-0.1, -0.05) is 54.6 Å². The van der Waals surface area contributed by atoms with Crippen LogP contribution in [0.5, 0.6) is 5.75 Å². The molecule has 0 atom stereocenters. The van der Waals surface area contributed by atoms with Crippen molar-refractivity contribution in [3.8, 4) is 5.75 Å². The molecule has 0 aliphatic rings. The second kappa shape index (κ2) is 6.75. The third kappa shape index (κ3) is 3.37. The number of rotatable bonds is 4. The lowest BCUT2D eigenvalue weighted by molar-refractivity contribution is 0.0952. The molecule has 1 amide bonds. The minimum Gasteiger partial charge on any atom is -0.496 e. The van der Waals surface area contributed by atoms with E-state index in [0.717, 1.165) is 16.3 Å². The lowest BCUT2D eigenvalue weighted by Crippen LogP contribution is -2.18. The number of amides is 1. The Hall–Kier alpha value is -3.14. The summed E-state index contributed by atoms with van der Waals surface area (Å²) in [4.78, 5) is 12.4. The van der Waals surface area contributed by atoms with Crippen molar-refractivity contribution in [1.82, 2.24) is 5.43 Å². The Morgan fingerprint density at radius 3 is 2.35 bits per heavy atom. The van der Waals surface area contributed by atoms with E-state index in [4.69, 9.17) is 4.74 Å². The highest BCUT2D eigenvalue weighted by Gasteiger charge is 2.12. The van der Waals surface area contributed by atoms with E-state index in [-0.39, 0.29) is 5.91 Å². The molecule has 3 aromatic carbocycles. The largest absolute Gasteiger partial charge is 0.496 e. The maximum absolute atomic E-state index is 12.4. The summed E-state index contributed by atoms with van der Waals surface area (Å²) >= 11 is 0. The molecule has 0 saturated heterocycles. The maximum atomic E-state index is 12.4. The standard InChI is InChI=1S/C19H16N2O2/c1-23-18-12-16-10-6-5-9-15(16)11-17(18)19(22)21-20-13-14-7-3-2-4-8-14/h2-13H,1H3,(H,21,22)/b20-13+. The van der Waals surface area contributed by atoms with Crippen molar-refractivity contribution in [3.05, 3.63) is 77.9 Å². The average Bonchev–Trinajstić information content (AvgIpc) is 2.61. The summed E-state index contributed by atoms with van der Waals surface area (Å²) in [6, 6.07) is 21.0. The van der Waals surface area contributed by atoms with Crippen molar-refractivity contribution in [2.45, 2.75) is 0 Å². The first-order valence-corrected chi connectivity index (χ1v) is 7.23. The van der Waals surface area contributed by atoms with E-state index in [2.05, 4.69) is 10.5 Å². The molecule has 0 unspecified atom stereocenters. The van der Waals surface area contributed by atoms with E-state index >= 15 is 0 Å². The third-order valence-electron chi connectivity index (χ3n) is 3.49. The highest BCUT2D eigenvalue weighted by molar-refractivity contribution is 6.01. The molecule has 4 heteroatoms. The van der Waals surface area contributed by atoms with Gasteiger partial charge in [0.2, 0.25) is 0 Å². The fourth-order valence-electron chi connectivity index (χ4n) is 2.33. The fraction of sp³-hybridized carbons (Fsp3) is 0.0526. The Balaban J connectivity index is 1.84. The maximum Gasteiger partial charge on any atom is 0.275 e. The molecule has 0 saturated carbocycles. The van der Waals surface area contributed by atoms with Crippen molar-refractivity contribution in [1.29, 1.82) is 0 Å².